The van der Waals surface area contributed by atoms with Crippen LogP contribution in [0.25, 0.3) is 0 Å². The minimum absolute atomic E-state index is 0. The monoisotopic (exact) mass is 520 g/mol. The first-order valence-electron chi connectivity index (χ1n) is 8.23. The van der Waals surface area contributed by atoms with E-state index in [-0.39, 0.29) is 35.9 Å². The van der Waals surface area contributed by atoms with Gasteiger partial charge in [0.2, 0.25) is 0 Å². The smallest absolute Gasteiger partial charge is 0.251 e. The van der Waals surface area contributed by atoms with E-state index in [0.29, 0.717) is 34.5 Å². The highest BCUT2D eigenvalue weighted by molar-refractivity contribution is 14.0. The molecule has 0 radical (unpaired) electrons. The lowest BCUT2D eigenvalue weighted by molar-refractivity contribution is 0.0963. The maximum absolute atomic E-state index is 11.7. The highest BCUT2D eigenvalue weighted by Gasteiger charge is 2.10. The fraction of sp³-hybridized carbons (Fsp3) is 0.263. The molecule has 0 saturated carbocycles. The summed E-state index contributed by atoms with van der Waals surface area (Å²) < 4.78 is 0. The summed E-state index contributed by atoms with van der Waals surface area (Å²) in [6, 6.07) is 12.7. The highest BCUT2D eigenvalue weighted by Crippen LogP contribution is 2.25. The van der Waals surface area contributed by atoms with E-state index in [1.807, 2.05) is 31.2 Å². The number of carbonyl (C=O) groups is 1. The maximum Gasteiger partial charge on any atom is 0.251 e. The Kier molecular flexibility index (Phi) is 9.90. The van der Waals surface area contributed by atoms with Gasteiger partial charge < -0.3 is 16.4 Å². The normalized spacial score (nSPS) is 12.1. The molecule has 2 aromatic carbocycles. The molecule has 0 heterocycles. The zero-order valence-electron chi connectivity index (χ0n) is 15.1. The quantitative estimate of drug-likeness (QED) is 0.303. The van der Waals surface area contributed by atoms with Gasteiger partial charge in [0.25, 0.3) is 5.91 Å². The third-order valence-electron chi connectivity index (χ3n) is 3.89. The van der Waals surface area contributed by atoms with Crippen molar-refractivity contribution in [3.8, 4) is 0 Å². The minimum atomic E-state index is -0.106. The molecule has 0 spiro atoms. The Morgan fingerprint density at radius 3 is 2.63 bits per heavy atom. The Morgan fingerprint density at radius 2 is 1.96 bits per heavy atom. The van der Waals surface area contributed by atoms with Crippen LogP contribution in [-0.4, -0.2) is 25.5 Å². The molecule has 0 aliphatic heterocycles. The maximum atomic E-state index is 11.7. The number of hydrogen-bond acceptors (Lipinski definition) is 2. The lowest BCUT2D eigenvalue weighted by atomic mass is 10.1. The molecule has 2 rings (SSSR count). The average Bonchev–Trinajstić information content (AvgIpc) is 2.61. The lowest BCUT2D eigenvalue weighted by Gasteiger charge is -2.16. The number of hydrogen-bond donors (Lipinski definition) is 3. The van der Waals surface area contributed by atoms with Gasteiger partial charge in [0.15, 0.2) is 5.96 Å². The zero-order valence-corrected chi connectivity index (χ0v) is 19.0. The number of nitrogens with two attached hydrogens (primary N) is 1. The third-order valence-corrected chi connectivity index (χ3v) is 4.45. The molecule has 0 aromatic heterocycles. The standard InChI is InChI=1S/C19H22Cl2N4O.HI/c1-12(16-7-6-15(20)11-17(16)21)25-19(22)24-9-8-13-4-3-5-14(10-13)18(26)23-2;/h3-7,10-12H,8-9H2,1-2H3,(H,23,26)(H3,22,24,25);1H. The molecule has 0 saturated heterocycles. The van der Waals surface area contributed by atoms with Crippen LogP contribution in [0, 0.1) is 0 Å². The Bertz CT molecular complexity index is 814. The van der Waals surface area contributed by atoms with Crippen LogP contribution >= 0.6 is 47.2 Å². The fourth-order valence-corrected chi connectivity index (χ4v) is 3.09. The largest absolute Gasteiger partial charge is 0.370 e. The van der Waals surface area contributed by atoms with E-state index in [9.17, 15) is 4.79 Å². The number of benzene rings is 2. The first-order chi connectivity index (χ1) is 12.4. The van der Waals surface area contributed by atoms with E-state index in [0.717, 1.165) is 11.1 Å². The summed E-state index contributed by atoms with van der Waals surface area (Å²) in [6.45, 7) is 2.46. The van der Waals surface area contributed by atoms with E-state index in [2.05, 4.69) is 15.6 Å². The number of carbonyl (C=O) groups excluding carboxylic acids is 1. The molecule has 1 atom stereocenters. The summed E-state index contributed by atoms with van der Waals surface area (Å²) >= 11 is 12.1. The number of halogens is 3. The van der Waals surface area contributed by atoms with Crippen LogP contribution in [0.5, 0.6) is 0 Å². The first kappa shape index (κ1) is 23.5. The van der Waals surface area contributed by atoms with Crippen molar-refractivity contribution in [3.05, 3.63) is 69.2 Å². The van der Waals surface area contributed by atoms with Crippen molar-refractivity contribution in [2.75, 3.05) is 13.6 Å². The summed E-state index contributed by atoms with van der Waals surface area (Å²) in [4.78, 5) is 16.0. The summed E-state index contributed by atoms with van der Waals surface area (Å²) in [5.41, 5.74) is 8.51. The molecular weight excluding hydrogens is 498 g/mol. The molecular formula is C19H23Cl2IN4O. The van der Waals surface area contributed by atoms with Crippen LogP contribution in [-0.2, 0) is 6.42 Å². The molecule has 0 aliphatic rings. The Morgan fingerprint density at radius 1 is 1.22 bits per heavy atom. The van der Waals surface area contributed by atoms with Crippen molar-refractivity contribution < 1.29 is 4.79 Å². The van der Waals surface area contributed by atoms with E-state index in [1.165, 1.54) is 0 Å². The number of guanidine groups is 1. The van der Waals surface area contributed by atoms with Gasteiger partial charge in [0.1, 0.15) is 0 Å². The van der Waals surface area contributed by atoms with Crippen LogP contribution < -0.4 is 16.4 Å². The summed E-state index contributed by atoms with van der Waals surface area (Å²) in [5, 5.41) is 6.90. The summed E-state index contributed by atoms with van der Waals surface area (Å²) in [7, 11) is 1.61. The summed E-state index contributed by atoms with van der Waals surface area (Å²) in [6.07, 6.45) is 0.684. The van der Waals surface area contributed by atoms with E-state index in [1.54, 1.807) is 25.2 Å². The Labute approximate surface area is 186 Å². The van der Waals surface area contributed by atoms with Crippen molar-refractivity contribution in [2.24, 2.45) is 10.7 Å². The second-order valence-electron chi connectivity index (χ2n) is 5.83. The van der Waals surface area contributed by atoms with E-state index >= 15 is 0 Å². The molecule has 4 N–H and O–H groups in total. The van der Waals surface area contributed by atoms with Gasteiger partial charge in [0, 0.05) is 29.2 Å². The Balaban J connectivity index is 0.00000364. The van der Waals surface area contributed by atoms with Crippen LogP contribution in [0.3, 0.4) is 0 Å². The van der Waals surface area contributed by atoms with Gasteiger partial charge in [-0.25, -0.2) is 0 Å². The molecule has 5 nitrogen and oxygen atoms in total. The van der Waals surface area contributed by atoms with Crippen molar-refractivity contribution in [2.45, 2.75) is 19.4 Å². The van der Waals surface area contributed by atoms with Crippen LogP contribution in [0.1, 0.15) is 34.5 Å². The topological polar surface area (TPSA) is 79.5 Å². The number of rotatable bonds is 6. The molecule has 146 valence electrons. The molecule has 2 aromatic rings. The number of nitrogens with one attached hydrogen (secondary N) is 2. The Hall–Kier alpha value is -1.51. The van der Waals surface area contributed by atoms with Gasteiger partial charge in [0.05, 0.1) is 6.04 Å². The molecule has 0 fully saturated rings. The van der Waals surface area contributed by atoms with Gasteiger partial charge in [-0.1, -0.05) is 41.4 Å². The van der Waals surface area contributed by atoms with Crippen molar-refractivity contribution in [1.82, 2.24) is 10.6 Å². The number of amides is 1. The average molecular weight is 521 g/mol. The van der Waals surface area contributed by atoms with Crippen molar-refractivity contribution in [3.63, 3.8) is 0 Å². The predicted octanol–water partition coefficient (Wildman–Crippen LogP) is 4.18. The van der Waals surface area contributed by atoms with Gasteiger partial charge in [-0.3, -0.25) is 9.79 Å². The fourth-order valence-electron chi connectivity index (χ4n) is 2.52. The SMILES string of the molecule is CNC(=O)c1cccc(CCN=C(N)NC(C)c2ccc(Cl)cc2Cl)c1.I. The van der Waals surface area contributed by atoms with Crippen molar-refractivity contribution >= 4 is 59.0 Å². The molecule has 8 heteroatoms. The zero-order chi connectivity index (χ0) is 19.1. The minimum Gasteiger partial charge on any atom is -0.370 e. The van der Waals surface area contributed by atoms with E-state index in [4.69, 9.17) is 28.9 Å². The number of nitrogens with zero attached hydrogens (tertiary/aromatic N) is 1. The van der Waals surface area contributed by atoms with Gasteiger partial charge in [-0.2, -0.15) is 0 Å². The molecule has 0 bridgehead atoms. The number of aliphatic imine (C=N–C) groups is 1. The molecule has 1 unspecified atom stereocenters. The second-order valence-corrected chi connectivity index (χ2v) is 6.67. The lowest BCUT2D eigenvalue weighted by Crippen LogP contribution is -2.34. The van der Waals surface area contributed by atoms with Crippen LogP contribution in [0.15, 0.2) is 47.5 Å². The van der Waals surface area contributed by atoms with Crippen molar-refractivity contribution in [1.29, 1.82) is 0 Å². The van der Waals surface area contributed by atoms with Crippen LogP contribution in [0.4, 0.5) is 0 Å². The van der Waals surface area contributed by atoms with E-state index < -0.39 is 0 Å². The second kappa shape index (κ2) is 11.4. The molecule has 1 amide bonds. The van der Waals surface area contributed by atoms with Gasteiger partial charge in [-0.05, 0) is 48.7 Å². The highest BCUT2D eigenvalue weighted by atomic mass is 127. The molecule has 0 aliphatic carbocycles. The third kappa shape index (κ3) is 7.20. The first-order valence-corrected chi connectivity index (χ1v) is 8.98. The summed E-state index contributed by atoms with van der Waals surface area (Å²) in [5.74, 6) is 0.233. The van der Waals surface area contributed by atoms with Gasteiger partial charge >= 0.3 is 0 Å². The van der Waals surface area contributed by atoms with Crippen LogP contribution in [0.2, 0.25) is 10.0 Å². The molecule has 27 heavy (non-hydrogen) atoms. The predicted molar refractivity (Wildman–Crippen MR) is 123 cm³/mol. The van der Waals surface area contributed by atoms with Gasteiger partial charge in [-0.15, -0.1) is 24.0 Å².